The van der Waals surface area contributed by atoms with E-state index in [1.807, 2.05) is 14.1 Å². The SMILES string of the molecule is CC(CNCCS(C)(=O)=O)N(C)C. The van der Waals surface area contributed by atoms with Crippen molar-refractivity contribution in [2.24, 2.45) is 0 Å². The molecule has 0 amide bonds. The summed E-state index contributed by atoms with van der Waals surface area (Å²) in [5.41, 5.74) is 0. The fraction of sp³-hybridized carbons (Fsp3) is 1.00. The number of likely N-dealkylation sites (N-methyl/N-ethyl adjacent to an activating group) is 1. The molecule has 0 aliphatic heterocycles. The van der Waals surface area contributed by atoms with Crippen molar-refractivity contribution in [2.45, 2.75) is 13.0 Å². The third-order valence-electron chi connectivity index (χ3n) is 1.97. The number of nitrogens with zero attached hydrogens (tertiary/aromatic N) is 1. The van der Waals surface area contributed by atoms with Gasteiger partial charge in [-0.2, -0.15) is 0 Å². The predicted octanol–water partition coefficient (Wildman–Crippen LogP) is -0.429. The Labute approximate surface area is 81.2 Å². The Morgan fingerprint density at radius 2 is 1.92 bits per heavy atom. The third-order valence-corrected chi connectivity index (χ3v) is 2.92. The summed E-state index contributed by atoms with van der Waals surface area (Å²) >= 11 is 0. The molecule has 0 aliphatic rings. The van der Waals surface area contributed by atoms with E-state index in [1.165, 1.54) is 6.26 Å². The summed E-state index contributed by atoms with van der Waals surface area (Å²) in [6.07, 6.45) is 1.25. The highest BCUT2D eigenvalue weighted by molar-refractivity contribution is 7.90. The second-order valence-electron chi connectivity index (χ2n) is 3.65. The van der Waals surface area contributed by atoms with Crippen molar-refractivity contribution in [1.29, 1.82) is 0 Å². The average molecular weight is 208 g/mol. The molecule has 1 unspecified atom stereocenters. The van der Waals surface area contributed by atoms with Crippen molar-refractivity contribution in [3.8, 4) is 0 Å². The molecule has 5 heteroatoms. The Morgan fingerprint density at radius 3 is 2.31 bits per heavy atom. The Morgan fingerprint density at radius 1 is 1.38 bits per heavy atom. The van der Waals surface area contributed by atoms with E-state index in [-0.39, 0.29) is 5.75 Å². The molecule has 0 aromatic carbocycles. The molecule has 80 valence electrons. The Bertz CT molecular complexity index is 224. The largest absolute Gasteiger partial charge is 0.314 e. The summed E-state index contributed by atoms with van der Waals surface area (Å²) in [4.78, 5) is 2.09. The first-order chi connectivity index (χ1) is 5.83. The van der Waals surface area contributed by atoms with Gasteiger partial charge in [0, 0.05) is 25.4 Å². The first-order valence-corrected chi connectivity index (χ1v) is 6.44. The lowest BCUT2D eigenvalue weighted by Crippen LogP contribution is -2.37. The van der Waals surface area contributed by atoms with Crippen LogP contribution in [0.3, 0.4) is 0 Å². The molecule has 13 heavy (non-hydrogen) atoms. The van der Waals surface area contributed by atoms with Gasteiger partial charge in [-0.05, 0) is 21.0 Å². The molecular formula is C8H20N2O2S. The minimum absolute atomic E-state index is 0.215. The van der Waals surface area contributed by atoms with E-state index < -0.39 is 9.84 Å². The quantitative estimate of drug-likeness (QED) is 0.602. The summed E-state index contributed by atoms with van der Waals surface area (Å²) in [5.74, 6) is 0.215. The van der Waals surface area contributed by atoms with Gasteiger partial charge in [-0.3, -0.25) is 0 Å². The van der Waals surface area contributed by atoms with Crippen LogP contribution in [0.2, 0.25) is 0 Å². The van der Waals surface area contributed by atoms with Gasteiger partial charge in [-0.15, -0.1) is 0 Å². The summed E-state index contributed by atoms with van der Waals surface area (Å²) < 4.78 is 21.5. The molecule has 0 aromatic rings. The zero-order valence-corrected chi connectivity index (χ0v) is 9.69. The van der Waals surface area contributed by atoms with Crippen LogP contribution in [0.15, 0.2) is 0 Å². The molecule has 0 radical (unpaired) electrons. The first kappa shape index (κ1) is 12.9. The Hall–Kier alpha value is -0.130. The van der Waals surface area contributed by atoms with Gasteiger partial charge < -0.3 is 10.2 Å². The Kier molecular flexibility index (Phi) is 5.51. The summed E-state index contributed by atoms with van der Waals surface area (Å²) in [6, 6.07) is 0.430. The molecule has 0 saturated carbocycles. The van der Waals surface area contributed by atoms with Gasteiger partial charge in [0.2, 0.25) is 0 Å². The van der Waals surface area contributed by atoms with E-state index >= 15 is 0 Å². The molecule has 0 aromatic heterocycles. The van der Waals surface area contributed by atoms with Crippen LogP contribution in [0, 0.1) is 0 Å². The van der Waals surface area contributed by atoms with Gasteiger partial charge in [0.15, 0.2) is 0 Å². The molecule has 1 N–H and O–H groups in total. The summed E-state index contributed by atoms with van der Waals surface area (Å²) in [6.45, 7) is 3.45. The monoisotopic (exact) mass is 208 g/mol. The summed E-state index contributed by atoms with van der Waals surface area (Å²) in [5, 5.41) is 3.10. The van der Waals surface area contributed by atoms with Gasteiger partial charge in [0.1, 0.15) is 9.84 Å². The number of rotatable bonds is 6. The summed E-state index contributed by atoms with van der Waals surface area (Å²) in [7, 11) is 1.19. The van der Waals surface area contributed by atoms with Crippen LogP contribution in [0.4, 0.5) is 0 Å². The third kappa shape index (κ3) is 8.21. The predicted molar refractivity (Wildman–Crippen MR) is 55.7 cm³/mol. The lowest BCUT2D eigenvalue weighted by Gasteiger charge is -2.19. The molecule has 0 fully saturated rings. The number of hydrogen-bond donors (Lipinski definition) is 1. The Balaban J connectivity index is 3.47. The van der Waals surface area contributed by atoms with E-state index in [1.54, 1.807) is 0 Å². The second kappa shape index (κ2) is 5.57. The topological polar surface area (TPSA) is 49.4 Å². The van der Waals surface area contributed by atoms with E-state index in [4.69, 9.17) is 0 Å². The van der Waals surface area contributed by atoms with Gasteiger partial charge in [-0.25, -0.2) is 8.42 Å². The zero-order valence-electron chi connectivity index (χ0n) is 8.87. The highest BCUT2D eigenvalue weighted by Gasteiger charge is 2.04. The van der Waals surface area contributed by atoms with Crippen LogP contribution in [0.25, 0.3) is 0 Å². The standard InChI is InChI=1S/C8H20N2O2S/c1-8(10(2)3)7-9-5-6-13(4,11)12/h8-9H,5-7H2,1-4H3. The number of nitrogens with one attached hydrogen (secondary N) is 1. The van der Waals surface area contributed by atoms with Crippen LogP contribution in [-0.4, -0.2) is 58.6 Å². The zero-order chi connectivity index (χ0) is 10.5. The van der Waals surface area contributed by atoms with Gasteiger partial charge in [-0.1, -0.05) is 0 Å². The first-order valence-electron chi connectivity index (χ1n) is 4.38. The van der Waals surface area contributed by atoms with Crippen molar-refractivity contribution in [3.63, 3.8) is 0 Å². The van der Waals surface area contributed by atoms with Gasteiger partial charge in [0.05, 0.1) is 5.75 Å². The molecule has 0 rings (SSSR count). The molecule has 4 nitrogen and oxygen atoms in total. The molecule has 0 bridgehead atoms. The lowest BCUT2D eigenvalue weighted by molar-refractivity contribution is 0.305. The molecule has 0 saturated heterocycles. The van der Waals surface area contributed by atoms with Crippen molar-refractivity contribution >= 4 is 9.84 Å². The van der Waals surface area contributed by atoms with Crippen LogP contribution in [0.5, 0.6) is 0 Å². The maximum absolute atomic E-state index is 10.8. The minimum Gasteiger partial charge on any atom is -0.314 e. The van der Waals surface area contributed by atoms with E-state index in [0.717, 1.165) is 6.54 Å². The molecule has 0 aliphatic carbocycles. The molecule has 0 heterocycles. The molecule has 1 atom stereocenters. The van der Waals surface area contributed by atoms with Gasteiger partial charge in [0.25, 0.3) is 0 Å². The lowest BCUT2D eigenvalue weighted by atomic mass is 10.3. The normalized spacial score (nSPS) is 14.8. The van der Waals surface area contributed by atoms with Crippen molar-refractivity contribution < 1.29 is 8.42 Å². The highest BCUT2D eigenvalue weighted by Crippen LogP contribution is 1.88. The maximum atomic E-state index is 10.8. The van der Waals surface area contributed by atoms with E-state index in [0.29, 0.717) is 12.6 Å². The fourth-order valence-corrected chi connectivity index (χ4v) is 1.27. The van der Waals surface area contributed by atoms with E-state index in [2.05, 4.69) is 17.1 Å². The number of hydrogen-bond acceptors (Lipinski definition) is 4. The van der Waals surface area contributed by atoms with Crippen molar-refractivity contribution in [1.82, 2.24) is 10.2 Å². The highest BCUT2D eigenvalue weighted by atomic mass is 32.2. The molecule has 0 spiro atoms. The maximum Gasteiger partial charge on any atom is 0.148 e. The van der Waals surface area contributed by atoms with Crippen molar-refractivity contribution in [2.75, 3.05) is 39.2 Å². The smallest absolute Gasteiger partial charge is 0.148 e. The number of sulfone groups is 1. The fourth-order valence-electron chi connectivity index (χ4n) is 0.751. The van der Waals surface area contributed by atoms with Crippen LogP contribution >= 0.6 is 0 Å². The van der Waals surface area contributed by atoms with E-state index in [9.17, 15) is 8.42 Å². The van der Waals surface area contributed by atoms with Crippen LogP contribution in [0.1, 0.15) is 6.92 Å². The van der Waals surface area contributed by atoms with Crippen LogP contribution in [-0.2, 0) is 9.84 Å². The molecular weight excluding hydrogens is 188 g/mol. The average Bonchev–Trinajstić information content (AvgIpc) is 1.95. The minimum atomic E-state index is -2.82. The second-order valence-corrected chi connectivity index (χ2v) is 5.91. The van der Waals surface area contributed by atoms with Crippen LogP contribution < -0.4 is 5.32 Å². The van der Waals surface area contributed by atoms with Crippen molar-refractivity contribution in [3.05, 3.63) is 0 Å². The van der Waals surface area contributed by atoms with Gasteiger partial charge >= 0.3 is 0 Å².